The Labute approximate surface area is 140 Å². The molecule has 1 heterocycles. The number of carbonyl (C=O) groups excluding carboxylic acids is 2. The van der Waals surface area contributed by atoms with Crippen molar-refractivity contribution in [2.45, 2.75) is 24.2 Å². The smallest absolute Gasteiger partial charge is 0.240 e. The lowest BCUT2D eigenvalue weighted by molar-refractivity contribution is -0.121. The standard InChI is InChI=1S/C15H20N2O6S/c1-22-9-3-8-16-24(20,21)11-4-5-13(23-2)12(10-11)17-14(18)6-7-15(17)19/h4-5,10,16H,3,6-9H2,1-2H3. The number of benzene rings is 1. The number of nitrogens with one attached hydrogen (secondary N) is 1. The van der Waals surface area contributed by atoms with E-state index < -0.39 is 10.0 Å². The van der Waals surface area contributed by atoms with Crippen LogP contribution in [0.3, 0.4) is 0 Å². The maximum Gasteiger partial charge on any atom is 0.240 e. The molecule has 2 amide bonds. The van der Waals surface area contributed by atoms with Crippen molar-refractivity contribution in [1.82, 2.24) is 4.72 Å². The molecule has 0 bridgehead atoms. The largest absolute Gasteiger partial charge is 0.495 e. The second kappa shape index (κ2) is 7.73. The van der Waals surface area contributed by atoms with Crippen LogP contribution in [0, 0.1) is 0 Å². The summed E-state index contributed by atoms with van der Waals surface area (Å²) in [5, 5.41) is 0. The highest BCUT2D eigenvalue weighted by Crippen LogP contribution is 2.34. The summed E-state index contributed by atoms with van der Waals surface area (Å²) in [6.45, 7) is 0.659. The monoisotopic (exact) mass is 356 g/mol. The summed E-state index contributed by atoms with van der Waals surface area (Å²) in [6, 6.07) is 4.07. The molecule has 1 aromatic rings. The summed E-state index contributed by atoms with van der Waals surface area (Å²) in [6.07, 6.45) is 0.740. The zero-order chi connectivity index (χ0) is 17.7. The van der Waals surface area contributed by atoms with Gasteiger partial charge in [0.2, 0.25) is 21.8 Å². The average molecular weight is 356 g/mol. The molecule has 8 nitrogen and oxygen atoms in total. The second-order valence-corrected chi connectivity index (χ2v) is 6.97. The molecule has 0 saturated carbocycles. The number of ether oxygens (including phenoxy) is 2. The summed E-state index contributed by atoms with van der Waals surface area (Å²) in [7, 11) is -0.837. The van der Waals surface area contributed by atoms with E-state index in [9.17, 15) is 18.0 Å². The summed E-state index contributed by atoms with van der Waals surface area (Å²) in [4.78, 5) is 24.8. The van der Waals surface area contributed by atoms with Gasteiger partial charge in [-0.3, -0.25) is 9.59 Å². The van der Waals surface area contributed by atoms with Gasteiger partial charge in [-0.25, -0.2) is 18.0 Å². The topological polar surface area (TPSA) is 102 Å². The Morgan fingerprint density at radius 2 is 1.83 bits per heavy atom. The molecule has 1 aromatic carbocycles. The molecule has 2 rings (SSSR count). The van der Waals surface area contributed by atoms with Crippen LogP contribution >= 0.6 is 0 Å². The number of anilines is 1. The van der Waals surface area contributed by atoms with E-state index in [1.807, 2.05) is 0 Å². The molecule has 24 heavy (non-hydrogen) atoms. The quantitative estimate of drug-likeness (QED) is 0.542. The van der Waals surface area contributed by atoms with Crippen LogP contribution in [-0.2, 0) is 24.3 Å². The van der Waals surface area contributed by atoms with Crippen molar-refractivity contribution in [3.05, 3.63) is 18.2 Å². The Morgan fingerprint density at radius 3 is 2.42 bits per heavy atom. The first-order chi connectivity index (χ1) is 11.4. The molecule has 1 N–H and O–H groups in total. The van der Waals surface area contributed by atoms with Crippen molar-refractivity contribution >= 4 is 27.5 Å². The van der Waals surface area contributed by atoms with Gasteiger partial charge in [-0.2, -0.15) is 0 Å². The van der Waals surface area contributed by atoms with Gasteiger partial charge in [0.05, 0.1) is 17.7 Å². The summed E-state index contributed by atoms with van der Waals surface area (Å²) < 4.78 is 37.2. The average Bonchev–Trinajstić information content (AvgIpc) is 2.89. The van der Waals surface area contributed by atoms with Gasteiger partial charge in [-0.15, -0.1) is 0 Å². The SMILES string of the molecule is COCCCNS(=O)(=O)c1ccc(OC)c(N2C(=O)CCC2=O)c1. The van der Waals surface area contributed by atoms with Crippen molar-refractivity contribution < 1.29 is 27.5 Å². The number of hydrogen-bond acceptors (Lipinski definition) is 6. The lowest BCUT2D eigenvalue weighted by atomic mass is 10.2. The third-order valence-electron chi connectivity index (χ3n) is 3.57. The first-order valence-electron chi connectivity index (χ1n) is 7.43. The predicted molar refractivity (Wildman–Crippen MR) is 86.4 cm³/mol. The van der Waals surface area contributed by atoms with E-state index in [4.69, 9.17) is 9.47 Å². The highest BCUT2D eigenvalue weighted by atomic mass is 32.2. The number of carbonyl (C=O) groups is 2. The fourth-order valence-electron chi connectivity index (χ4n) is 2.36. The van der Waals surface area contributed by atoms with Crippen molar-refractivity contribution in [1.29, 1.82) is 0 Å². The molecule has 9 heteroatoms. The molecule has 132 valence electrons. The van der Waals surface area contributed by atoms with Crippen LogP contribution in [0.15, 0.2) is 23.1 Å². The number of amides is 2. The van der Waals surface area contributed by atoms with E-state index in [1.165, 1.54) is 32.4 Å². The third-order valence-corrected chi connectivity index (χ3v) is 5.03. The van der Waals surface area contributed by atoms with Gasteiger partial charge in [0.15, 0.2) is 0 Å². The predicted octanol–water partition coefficient (Wildman–Crippen LogP) is 0.663. The number of imide groups is 1. The van der Waals surface area contributed by atoms with Gasteiger partial charge in [-0.05, 0) is 24.6 Å². The van der Waals surface area contributed by atoms with Crippen LogP contribution in [0.4, 0.5) is 5.69 Å². The van der Waals surface area contributed by atoms with Crippen LogP contribution in [-0.4, -0.2) is 47.6 Å². The van der Waals surface area contributed by atoms with Crippen LogP contribution < -0.4 is 14.4 Å². The maximum atomic E-state index is 12.3. The molecule has 0 radical (unpaired) electrons. The molecule has 1 saturated heterocycles. The van der Waals surface area contributed by atoms with Crippen molar-refractivity contribution in [2.75, 3.05) is 32.3 Å². The minimum atomic E-state index is -3.76. The van der Waals surface area contributed by atoms with E-state index in [0.717, 1.165) is 4.90 Å². The zero-order valence-electron chi connectivity index (χ0n) is 13.6. The molecule has 0 unspecified atom stereocenters. The fourth-order valence-corrected chi connectivity index (χ4v) is 3.46. The van der Waals surface area contributed by atoms with E-state index in [2.05, 4.69) is 4.72 Å². The normalized spacial score (nSPS) is 15.2. The molecular formula is C15H20N2O6S. The Morgan fingerprint density at radius 1 is 1.17 bits per heavy atom. The minimum Gasteiger partial charge on any atom is -0.495 e. The Bertz CT molecular complexity index is 715. The molecule has 0 spiro atoms. The van der Waals surface area contributed by atoms with Crippen LogP contribution in [0.5, 0.6) is 5.75 Å². The number of hydrogen-bond donors (Lipinski definition) is 1. The fraction of sp³-hybridized carbons (Fsp3) is 0.467. The highest BCUT2D eigenvalue weighted by molar-refractivity contribution is 7.89. The molecule has 1 aliphatic heterocycles. The molecular weight excluding hydrogens is 336 g/mol. The number of nitrogens with zero attached hydrogens (tertiary/aromatic N) is 1. The first kappa shape index (κ1) is 18.4. The van der Waals surface area contributed by atoms with Gasteiger partial charge < -0.3 is 9.47 Å². The lowest BCUT2D eigenvalue weighted by Crippen LogP contribution is -2.30. The number of sulfonamides is 1. The van der Waals surface area contributed by atoms with Crippen molar-refractivity contribution in [3.8, 4) is 5.75 Å². The van der Waals surface area contributed by atoms with E-state index in [0.29, 0.717) is 13.0 Å². The maximum absolute atomic E-state index is 12.3. The first-order valence-corrected chi connectivity index (χ1v) is 8.91. The summed E-state index contributed by atoms with van der Waals surface area (Å²) in [5.41, 5.74) is 0.143. The summed E-state index contributed by atoms with van der Waals surface area (Å²) in [5.74, 6) is -0.487. The molecule has 1 fully saturated rings. The zero-order valence-corrected chi connectivity index (χ0v) is 14.4. The highest BCUT2D eigenvalue weighted by Gasteiger charge is 2.33. The van der Waals surface area contributed by atoms with Crippen LogP contribution in [0.2, 0.25) is 0 Å². The van der Waals surface area contributed by atoms with Gasteiger partial charge >= 0.3 is 0 Å². The van der Waals surface area contributed by atoms with Crippen LogP contribution in [0.1, 0.15) is 19.3 Å². The second-order valence-electron chi connectivity index (χ2n) is 5.20. The van der Waals surface area contributed by atoms with Gasteiger partial charge in [0.25, 0.3) is 0 Å². The Kier molecular flexibility index (Phi) is 5.92. The van der Waals surface area contributed by atoms with E-state index in [-0.39, 0.29) is 47.5 Å². The third kappa shape index (κ3) is 3.92. The number of rotatable bonds is 8. The molecule has 0 aliphatic carbocycles. The minimum absolute atomic E-state index is 0.0387. The molecule has 0 atom stereocenters. The summed E-state index contributed by atoms with van der Waals surface area (Å²) >= 11 is 0. The van der Waals surface area contributed by atoms with E-state index in [1.54, 1.807) is 0 Å². The van der Waals surface area contributed by atoms with Crippen LogP contribution in [0.25, 0.3) is 0 Å². The lowest BCUT2D eigenvalue weighted by Gasteiger charge is -2.18. The number of methoxy groups -OCH3 is 2. The van der Waals surface area contributed by atoms with Gasteiger partial charge in [-0.1, -0.05) is 0 Å². The Hall–Kier alpha value is -1.97. The van der Waals surface area contributed by atoms with Crippen molar-refractivity contribution in [3.63, 3.8) is 0 Å². The van der Waals surface area contributed by atoms with Gasteiger partial charge in [0.1, 0.15) is 5.75 Å². The van der Waals surface area contributed by atoms with Gasteiger partial charge in [0, 0.05) is 33.1 Å². The molecule has 1 aliphatic rings. The molecule has 0 aromatic heterocycles. The Balaban J connectivity index is 2.31. The van der Waals surface area contributed by atoms with E-state index >= 15 is 0 Å². The van der Waals surface area contributed by atoms with Crippen molar-refractivity contribution in [2.24, 2.45) is 0 Å².